The zero-order valence-corrected chi connectivity index (χ0v) is 10.9. The molecule has 1 aliphatic rings. The van der Waals surface area contributed by atoms with E-state index >= 15 is 0 Å². The molecule has 1 fully saturated rings. The van der Waals surface area contributed by atoms with Crippen molar-refractivity contribution in [3.8, 4) is 0 Å². The van der Waals surface area contributed by atoms with Gasteiger partial charge in [-0.1, -0.05) is 33.1 Å². The van der Waals surface area contributed by atoms with Crippen LogP contribution in [0.25, 0.3) is 0 Å². The second-order valence-corrected chi connectivity index (χ2v) is 4.95. The van der Waals surface area contributed by atoms with Crippen LogP contribution in [-0.4, -0.2) is 41.8 Å². The van der Waals surface area contributed by atoms with Crippen molar-refractivity contribution >= 4 is 0 Å². The van der Waals surface area contributed by atoms with Crippen LogP contribution in [0.1, 0.15) is 46.0 Å². The van der Waals surface area contributed by atoms with E-state index in [1.165, 1.54) is 32.1 Å². The molecule has 3 heteroatoms. The molecule has 0 aromatic rings. The molecule has 0 heterocycles. The molecule has 0 unspecified atom stereocenters. The molecule has 1 atom stereocenters. The van der Waals surface area contributed by atoms with Gasteiger partial charge in [-0.3, -0.25) is 4.90 Å². The fourth-order valence-corrected chi connectivity index (χ4v) is 3.46. The second-order valence-electron chi connectivity index (χ2n) is 4.95. The Hall–Kier alpha value is -0.120. The van der Waals surface area contributed by atoms with Crippen molar-refractivity contribution in [1.29, 1.82) is 0 Å². The minimum Gasteiger partial charge on any atom is -0.396 e. The van der Waals surface area contributed by atoms with E-state index in [2.05, 4.69) is 18.7 Å². The summed E-state index contributed by atoms with van der Waals surface area (Å²) in [5, 5.41) is 9.58. The maximum Gasteiger partial charge on any atom is 0.0489 e. The van der Waals surface area contributed by atoms with Gasteiger partial charge in [0, 0.05) is 18.1 Å². The Labute approximate surface area is 100 Å². The molecule has 1 rings (SSSR count). The van der Waals surface area contributed by atoms with E-state index in [9.17, 15) is 5.11 Å². The molecule has 1 aliphatic carbocycles. The maximum absolute atomic E-state index is 9.58. The van der Waals surface area contributed by atoms with Crippen LogP contribution in [0.4, 0.5) is 0 Å². The van der Waals surface area contributed by atoms with E-state index in [0.717, 1.165) is 13.1 Å². The third-order valence-electron chi connectivity index (χ3n) is 4.38. The first-order chi connectivity index (χ1) is 7.75. The summed E-state index contributed by atoms with van der Waals surface area (Å²) in [4.78, 5) is 2.53. The van der Waals surface area contributed by atoms with Gasteiger partial charge in [-0.2, -0.15) is 0 Å². The third-order valence-corrected chi connectivity index (χ3v) is 4.38. The lowest BCUT2D eigenvalue weighted by atomic mass is 9.71. The van der Waals surface area contributed by atoms with Gasteiger partial charge in [-0.25, -0.2) is 0 Å². The van der Waals surface area contributed by atoms with Crippen LogP contribution >= 0.6 is 0 Å². The SMILES string of the molecule is CCN(CC)C1([C@@H](CN)CO)CCCCC1. The van der Waals surface area contributed by atoms with Gasteiger partial charge < -0.3 is 10.8 Å². The molecule has 96 valence electrons. The number of nitrogens with zero attached hydrogens (tertiary/aromatic N) is 1. The Kier molecular flexibility index (Phi) is 5.73. The van der Waals surface area contributed by atoms with E-state index < -0.39 is 0 Å². The average Bonchev–Trinajstić information content (AvgIpc) is 2.33. The lowest BCUT2D eigenvalue weighted by Gasteiger charge is -2.50. The molecule has 3 nitrogen and oxygen atoms in total. The van der Waals surface area contributed by atoms with E-state index in [0.29, 0.717) is 6.54 Å². The molecule has 0 radical (unpaired) electrons. The number of nitrogens with two attached hydrogens (primary N) is 1. The number of hydrogen-bond acceptors (Lipinski definition) is 3. The van der Waals surface area contributed by atoms with Gasteiger partial charge in [0.15, 0.2) is 0 Å². The quantitative estimate of drug-likeness (QED) is 0.726. The maximum atomic E-state index is 9.58. The Morgan fingerprint density at radius 3 is 2.12 bits per heavy atom. The predicted molar refractivity (Wildman–Crippen MR) is 68.4 cm³/mol. The van der Waals surface area contributed by atoms with Crippen LogP contribution in [0.2, 0.25) is 0 Å². The van der Waals surface area contributed by atoms with Crippen LogP contribution in [0.5, 0.6) is 0 Å². The topological polar surface area (TPSA) is 49.5 Å². The van der Waals surface area contributed by atoms with Gasteiger partial charge >= 0.3 is 0 Å². The Balaban J connectivity index is 2.89. The van der Waals surface area contributed by atoms with E-state index in [4.69, 9.17) is 5.73 Å². The molecule has 16 heavy (non-hydrogen) atoms. The van der Waals surface area contributed by atoms with Crippen molar-refractivity contribution in [1.82, 2.24) is 4.90 Å². The monoisotopic (exact) mass is 228 g/mol. The lowest BCUT2D eigenvalue weighted by Crippen LogP contribution is -2.57. The first-order valence-electron chi connectivity index (χ1n) is 6.81. The standard InChI is InChI=1S/C13H28N2O/c1-3-15(4-2)13(12(10-14)11-16)8-6-5-7-9-13/h12,16H,3-11,14H2,1-2H3/t12-/m0/s1. The summed E-state index contributed by atoms with van der Waals surface area (Å²) in [6, 6.07) is 0. The number of hydrogen-bond donors (Lipinski definition) is 2. The molecule has 0 bridgehead atoms. The minimum atomic E-state index is 0.172. The summed E-state index contributed by atoms with van der Waals surface area (Å²) in [5.74, 6) is 0.243. The largest absolute Gasteiger partial charge is 0.396 e. The van der Waals surface area contributed by atoms with E-state index in [-0.39, 0.29) is 18.1 Å². The zero-order valence-electron chi connectivity index (χ0n) is 10.9. The molecule has 1 saturated carbocycles. The molecule has 0 aliphatic heterocycles. The van der Waals surface area contributed by atoms with Crippen LogP contribution in [-0.2, 0) is 0 Å². The molecule has 0 amide bonds. The highest BCUT2D eigenvalue weighted by Gasteiger charge is 2.42. The molecular formula is C13H28N2O. The van der Waals surface area contributed by atoms with Gasteiger partial charge in [-0.05, 0) is 32.5 Å². The van der Waals surface area contributed by atoms with Crippen molar-refractivity contribution < 1.29 is 5.11 Å². The van der Waals surface area contributed by atoms with Crippen molar-refractivity contribution in [2.45, 2.75) is 51.5 Å². The van der Waals surface area contributed by atoms with Gasteiger partial charge in [0.1, 0.15) is 0 Å². The number of rotatable bonds is 6. The highest BCUT2D eigenvalue weighted by atomic mass is 16.3. The molecular weight excluding hydrogens is 200 g/mol. The lowest BCUT2D eigenvalue weighted by molar-refractivity contribution is -0.0131. The Bertz CT molecular complexity index is 168. The highest BCUT2D eigenvalue weighted by molar-refractivity contribution is 4.98. The van der Waals surface area contributed by atoms with Crippen molar-refractivity contribution in [3.05, 3.63) is 0 Å². The molecule has 0 spiro atoms. The number of aliphatic hydroxyl groups is 1. The fraction of sp³-hybridized carbons (Fsp3) is 1.00. The van der Waals surface area contributed by atoms with Crippen LogP contribution in [0.3, 0.4) is 0 Å². The normalized spacial score (nSPS) is 22.3. The van der Waals surface area contributed by atoms with Crippen LogP contribution in [0, 0.1) is 5.92 Å². The Morgan fingerprint density at radius 1 is 1.19 bits per heavy atom. The second kappa shape index (κ2) is 6.58. The first kappa shape index (κ1) is 13.9. The molecule has 0 aromatic heterocycles. The molecule has 0 saturated heterocycles. The summed E-state index contributed by atoms with van der Waals surface area (Å²) in [5.41, 5.74) is 6.03. The van der Waals surface area contributed by atoms with Gasteiger partial charge in [0.2, 0.25) is 0 Å². The van der Waals surface area contributed by atoms with Crippen molar-refractivity contribution in [2.75, 3.05) is 26.2 Å². The predicted octanol–water partition coefficient (Wildman–Crippen LogP) is 1.60. The van der Waals surface area contributed by atoms with Crippen molar-refractivity contribution in [3.63, 3.8) is 0 Å². The summed E-state index contributed by atoms with van der Waals surface area (Å²) in [7, 11) is 0. The van der Waals surface area contributed by atoms with Crippen molar-refractivity contribution in [2.24, 2.45) is 11.7 Å². The summed E-state index contributed by atoms with van der Waals surface area (Å²) in [6.07, 6.45) is 6.32. The van der Waals surface area contributed by atoms with Crippen LogP contribution in [0.15, 0.2) is 0 Å². The van der Waals surface area contributed by atoms with E-state index in [1.807, 2.05) is 0 Å². The summed E-state index contributed by atoms with van der Waals surface area (Å²) >= 11 is 0. The zero-order chi connectivity index (χ0) is 12.0. The fourth-order valence-electron chi connectivity index (χ4n) is 3.46. The Morgan fingerprint density at radius 2 is 1.75 bits per heavy atom. The summed E-state index contributed by atoms with van der Waals surface area (Å²) < 4.78 is 0. The van der Waals surface area contributed by atoms with Gasteiger partial charge in [-0.15, -0.1) is 0 Å². The minimum absolute atomic E-state index is 0.172. The highest BCUT2D eigenvalue weighted by Crippen LogP contribution is 2.39. The van der Waals surface area contributed by atoms with Crippen LogP contribution < -0.4 is 5.73 Å². The number of aliphatic hydroxyl groups excluding tert-OH is 1. The average molecular weight is 228 g/mol. The smallest absolute Gasteiger partial charge is 0.0489 e. The molecule has 3 N–H and O–H groups in total. The summed E-state index contributed by atoms with van der Waals surface area (Å²) in [6.45, 7) is 7.38. The third kappa shape index (κ3) is 2.58. The van der Waals surface area contributed by atoms with E-state index in [1.54, 1.807) is 0 Å². The van der Waals surface area contributed by atoms with Gasteiger partial charge in [0.25, 0.3) is 0 Å². The van der Waals surface area contributed by atoms with Gasteiger partial charge in [0.05, 0.1) is 0 Å². The first-order valence-corrected chi connectivity index (χ1v) is 6.81. The molecule has 0 aromatic carbocycles.